The van der Waals surface area contributed by atoms with Crippen LogP contribution >= 0.6 is 0 Å². The lowest BCUT2D eigenvalue weighted by Crippen LogP contribution is -2.45. The topological polar surface area (TPSA) is 81.7 Å². The number of rotatable bonds is 4. The lowest BCUT2D eigenvalue weighted by Gasteiger charge is -2.28. The van der Waals surface area contributed by atoms with Crippen LogP contribution in [0.4, 0.5) is 4.79 Å². The van der Waals surface area contributed by atoms with Crippen molar-refractivity contribution in [3.8, 4) is 0 Å². The molecule has 0 bridgehead atoms. The van der Waals surface area contributed by atoms with E-state index in [0.29, 0.717) is 6.61 Å². The summed E-state index contributed by atoms with van der Waals surface area (Å²) in [7, 11) is 0. The van der Waals surface area contributed by atoms with Gasteiger partial charge in [0.25, 0.3) is 0 Å². The first kappa shape index (κ1) is 17.6. The smallest absolute Gasteiger partial charge is 0.430 e. The Morgan fingerprint density at radius 2 is 1.92 bits per heavy atom. The highest BCUT2D eigenvalue weighted by atomic mass is 16.9. The van der Waals surface area contributed by atoms with Crippen molar-refractivity contribution in [2.75, 3.05) is 13.2 Å². The standard InChI is InChI=1S/C16H24O8/c1-6-7-18-14(17)21-11-10(9-8-19-15(2,3)22-9)20-13-12(11)23-16(4,5)24-13/h6,9-13H,1,7-8H2,2-5H3/t9-,10-,11-,12-,13-/m1/s1. The quantitative estimate of drug-likeness (QED) is 0.563. The molecule has 3 fully saturated rings. The summed E-state index contributed by atoms with van der Waals surface area (Å²) in [6.07, 6.45) is -2.27. The molecule has 0 aromatic rings. The molecule has 3 aliphatic rings. The molecular formula is C16H24O8. The summed E-state index contributed by atoms with van der Waals surface area (Å²) in [5, 5.41) is 0. The van der Waals surface area contributed by atoms with Crippen LogP contribution in [0.5, 0.6) is 0 Å². The molecule has 0 aromatic carbocycles. The van der Waals surface area contributed by atoms with E-state index in [2.05, 4.69) is 6.58 Å². The maximum atomic E-state index is 11.9. The van der Waals surface area contributed by atoms with E-state index in [1.807, 2.05) is 13.8 Å². The Hall–Kier alpha value is -1.19. The molecule has 5 atom stereocenters. The minimum Gasteiger partial charge on any atom is -0.430 e. The van der Waals surface area contributed by atoms with Gasteiger partial charge in [-0.1, -0.05) is 12.7 Å². The fraction of sp³-hybridized carbons (Fsp3) is 0.812. The van der Waals surface area contributed by atoms with Crippen molar-refractivity contribution in [3.05, 3.63) is 12.7 Å². The maximum absolute atomic E-state index is 11.9. The van der Waals surface area contributed by atoms with Gasteiger partial charge in [0.2, 0.25) is 0 Å². The van der Waals surface area contributed by atoms with Gasteiger partial charge >= 0.3 is 6.16 Å². The van der Waals surface area contributed by atoms with Crippen LogP contribution in [-0.2, 0) is 33.2 Å². The Morgan fingerprint density at radius 1 is 1.17 bits per heavy atom. The largest absolute Gasteiger partial charge is 0.509 e. The monoisotopic (exact) mass is 344 g/mol. The second-order valence-electron chi connectivity index (χ2n) is 6.87. The third-order valence-electron chi connectivity index (χ3n) is 3.98. The average molecular weight is 344 g/mol. The summed E-state index contributed by atoms with van der Waals surface area (Å²) >= 11 is 0. The number of fused-ring (bicyclic) bond motifs is 1. The minimum absolute atomic E-state index is 0.0596. The summed E-state index contributed by atoms with van der Waals surface area (Å²) in [6, 6.07) is 0. The van der Waals surface area contributed by atoms with E-state index in [0.717, 1.165) is 0 Å². The van der Waals surface area contributed by atoms with Crippen molar-refractivity contribution in [1.82, 2.24) is 0 Å². The van der Waals surface area contributed by atoms with Gasteiger partial charge in [0.05, 0.1) is 6.61 Å². The van der Waals surface area contributed by atoms with Crippen LogP contribution in [0.15, 0.2) is 12.7 Å². The molecule has 0 saturated carbocycles. The van der Waals surface area contributed by atoms with Crippen LogP contribution in [0, 0.1) is 0 Å². The Balaban J connectivity index is 1.73. The van der Waals surface area contributed by atoms with Crippen LogP contribution in [0.1, 0.15) is 27.7 Å². The third-order valence-corrected chi connectivity index (χ3v) is 3.98. The second-order valence-corrected chi connectivity index (χ2v) is 6.87. The van der Waals surface area contributed by atoms with E-state index < -0.39 is 48.4 Å². The van der Waals surface area contributed by atoms with Crippen LogP contribution in [-0.4, -0.2) is 61.6 Å². The van der Waals surface area contributed by atoms with Gasteiger partial charge in [-0.2, -0.15) is 0 Å². The molecular weight excluding hydrogens is 320 g/mol. The predicted molar refractivity (Wildman–Crippen MR) is 80.0 cm³/mol. The molecule has 3 saturated heterocycles. The highest BCUT2D eigenvalue weighted by Crippen LogP contribution is 2.42. The van der Waals surface area contributed by atoms with Gasteiger partial charge in [0.1, 0.15) is 18.8 Å². The van der Waals surface area contributed by atoms with Crippen molar-refractivity contribution < 1.29 is 38.0 Å². The zero-order chi connectivity index (χ0) is 17.5. The summed E-state index contributed by atoms with van der Waals surface area (Å²) in [6.45, 7) is 11.0. The molecule has 0 aromatic heterocycles. The predicted octanol–water partition coefficient (Wildman–Crippen LogP) is 1.72. The van der Waals surface area contributed by atoms with Gasteiger partial charge < -0.3 is 33.2 Å². The Labute approximate surface area is 140 Å². The Morgan fingerprint density at radius 3 is 2.54 bits per heavy atom. The zero-order valence-corrected chi connectivity index (χ0v) is 14.4. The van der Waals surface area contributed by atoms with E-state index >= 15 is 0 Å². The van der Waals surface area contributed by atoms with Crippen LogP contribution in [0.3, 0.4) is 0 Å². The number of ether oxygens (including phenoxy) is 7. The van der Waals surface area contributed by atoms with Crippen LogP contribution < -0.4 is 0 Å². The highest BCUT2D eigenvalue weighted by Gasteiger charge is 2.60. The molecule has 8 heteroatoms. The van der Waals surface area contributed by atoms with Crippen molar-refractivity contribution >= 4 is 6.16 Å². The van der Waals surface area contributed by atoms with Crippen molar-refractivity contribution in [3.63, 3.8) is 0 Å². The molecule has 0 aliphatic carbocycles. The van der Waals surface area contributed by atoms with Crippen LogP contribution in [0.2, 0.25) is 0 Å². The van der Waals surface area contributed by atoms with E-state index in [9.17, 15) is 4.79 Å². The molecule has 3 rings (SSSR count). The van der Waals surface area contributed by atoms with Crippen molar-refractivity contribution in [1.29, 1.82) is 0 Å². The Kier molecular flexibility index (Phi) is 4.61. The third kappa shape index (κ3) is 3.57. The fourth-order valence-electron chi connectivity index (χ4n) is 3.09. The second kappa shape index (κ2) is 6.27. The molecule has 8 nitrogen and oxygen atoms in total. The van der Waals surface area contributed by atoms with E-state index in [1.54, 1.807) is 13.8 Å². The number of carbonyl (C=O) groups is 1. The van der Waals surface area contributed by atoms with Gasteiger partial charge in [-0.25, -0.2) is 4.79 Å². The van der Waals surface area contributed by atoms with Gasteiger partial charge in [0.15, 0.2) is 30.1 Å². The van der Waals surface area contributed by atoms with Crippen LogP contribution in [0.25, 0.3) is 0 Å². The first-order chi connectivity index (χ1) is 11.2. The van der Waals surface area contributed by atoms with Crippen molar-refractivity contribution in [2.45, 2.75) is 70.0 Å². The van der Waals surface area contributed by atoms with Crippen molar-refractivity contribution in [2.24, 2.45) is 0 Å². The minimum atomic E-state index is -0.820. The maximum Gasteiger partial charge on any atom is 0.509 e. The average Bonchev–Trinajstić information content (AvgIpc) is 3.08. The molecule has 0 N–H and O–H groups in total. The number of hydrogen-bond acceptors (Lipinski definition) is 8. The molecule has 0 amide bonds. The first-order valence-corrected chi connectivity index (χ1v) is 7.98. The molecule has 24 heavy (non-hydrogen) atoms. The highest BCUT2D eigenvalue weighted by molar-refractivity contribution is 5.60. The SMILES string of the molecule is C=CCOC(=O)O[C@H]1[C@H]2OC(C)(C)O[C@H]2O[C@@H]1[C@H]1COC(C)(C)O1. The molecule has 0 spiro atoms. The zero-order valence-electron chi connectivity index (χ0n) is 14.4. The summed E-state index contributed by atoms with van der Waals surface area (Å²) in [4.78, 5) is 11.9. The van der Waals surface area contributed by atoms with Gasteiger partial charge in [-0.3, -0.25) is 0 Å². The van der Waals surface area contributed by atoms with Gasteiger partial charge in [-0.05, 0) is 27.7 Å². The molecule has 0 radical (unpaired) electrons. The van der Waals surface area contributed by atoms with Gasteiger partial charge in [0, 0.05) is 0 Å². The number of hydrogen-bond donors (Lipinski definition) is 0. The summed E-state index contributed by atoms with van der Waals surface area (Å²) in [5.41, 5.74) is 0. The molecule has 3 aliphatic heterocycles. The fourth-order valence-corrected chi connectivity index (χ4v) is 3.09. The molecule has 0 unspecified atom stereocenters. The lowest BCUT2D eigenvalue weighted by atomic mass is 10.1. The Bertz CT molecular complexity index is 502. The van der Waals surface area contributed by atoms with E-state index in [1.165, 1.54) is 6.08 Å². The summed E-state index contributed by atoms with van der Waals surface area (Å²) < 4.78 is 39.2. The van der Waals surface area contributed by atoms with E-state index in [4.69, 9.17) is 33.2 Å². The van der Waals surface area contributed by atoms with Gasteiger partial charge in [-0.15, -0.1) is 0 Å². The van der Waals surface area contributed by atoms with E-state index in [-0.39, 0.29) is 6.61 Å². The molecule has 3 heterocycles. The molecule has 136 valence electrons. The normalized spacial score (nSPS) is 39.4. The lowest BCUT2D eigenvalue weighted by molar-refractivity contribution is -0.233. The number of carbonyl (C=O) groups excluding carboxylic acids is 1. The first-order valence-electron chi connectivity index (χ1n) is 7.98. The summed E-state index contributed by atoms with van der Waals surface area (Å²) in [5.74, 6) is -1.54.